The van der Waals surface area contributed by atoms with Crippen LogP contribution in [0.3, 0.4) is 0 Å². The van der Waals surface area contributed by atoms with E-state index in [0.29, 0.717) is 12.8 Å². The number of rotatable bonds is 5. The van der Waals surface area contributed by atoms with E-state index < -0.39 is 20.5 Å². The van der Waals surface area contributed by atoms with E-state index in [1.165, 1.54) is 12.1 Å². The molecule has 0 atom stereocenters. The molecule has 110 valence electrons. The molecule has 0 spiro atoms. The van der Waals surface area contributed by atoms with Crippen LogP contribution in [0.1, 0.15) is 25.7 Å². The molecule has 8 heteroatoms. The summed E-state index contributed by atoms with van der Waals surface area (Å²) >= 11 is 0. The zero-order chi connectivity index (χ0) is 14.8. The van der Waals surface area contributed by atoms with Crippen LogP contribution in [0, 0.1) is 10.1 Å². The lowest BCUT2D eigenvalue weighted by molar-refractivity contribution is -0.384. The van der Waals surface area contributed by atoms with Gasteiger partial charge in [0.2, 0.25) is 10.0 Å². The molecule has 1 saturated carbocycles. The number of nitro benzene ring substituents is 1. The van der Waals surface area contributed by atoms with Crippen LogP contribution in [-0.2, 0) is 10.0 Å². The standard InChI is InChI=1S/C12H16N2O5S/c15-12(7-1-2-8-12)9-13-20(18,19)11-5-3-10(4-6-11)14(16)17/h3-6,13,15H,1-2,7-9H2. The van der Waals surface area contributed by atoms with Crippen LogP contribution >= 0.6 is 0 Å². The van der Waals surface area contributed by atoms with Gasteiger partial charge in [-0.25, -0.2) is 13.1 Å². The van der Waals surface area contributed by atoms with E-state index in [1.54, 1.807) is 0 Å². The summed E-state index contributed by atoms with van der Waals surface area (Å²) in [5, 5.41) is 20.6. The van der Waals surface area contributed by atoms with Gasteiger partial charge in [0.1, 0.15) is 0 Å². The quantitative estimate of drug-likeness (QED) is 0.626. The number of aliphatic hydroxyl groups is 1. The van der Waals surface area contributed by atoms with Crippen LogP contribution in [0.25, 0.3) is 0 Å². The fourth-order valence-electron chi connectivity index (χ4n) is 2.27. The van der Waals surface area contributed by atoms with Gasteiger partial charge in [-0.3, -0.25) is 10.1 Å². The predicted octanol–water partition coefficient (Wildman–Crippen LogP) is 1.18. The SMILES string of the molecule is O=[N+]([O-])c1ccc(S(=O)(=O)NCC2(O)CCCC2)cc1. The topological polar surface area (TPSA) is 110 Å². The minimum absolute atomic E-state index is 0.0354. The summed E-state index contributed by atoms with van der Waals surface area (Å²) in [5.41, 5.74) is -1.15. The lowest BCUT2D eigenvalue weighted by atomic mass is 10.0. The molecule has 0 saturated heterocycles. The molecule has 1 aromatic rings. The molecule has 0 heterocycles. The molecule has 0 radical (unpaired) electrons. The Balaban J connectivity index is 2.08. The van der Waals surface area contributed by atoms with Gasteiger partial charge in [0.15, 0.2) is 0 Å². The molecule has 0 aromatic heterocycles. The van der Waals surface area contributed by atoms with Gasteiger partial charge < -0.3 is 5.11 Å². The first-order valence-corrected chi connectivity index (χ1v) is 7.77. The van der Waals surface area contributed by atoms with Crippen molar-refractivity contribution in [2.24, 2.45) is 0 Å². The highest BCUT2D eigenvalue weighted by Crippen LogP contribution is 2.29. The summed E-state index contributed by atoms with van der Waals surface area (Å²) in [7, 11) is -3.76. The second-order valence-corrected chi connectivity index (χ2v) is 6.77. The van der Waals surface area contributed by atoms with E-state index >= 15 is 0 Å². The van der Waals surface area contributed by atoms with E-state index in [-0.39, 0.29) is 17.1 Å². The predicted molar refractivity (Wildman–Crippen MR) is 71.7 cm³/mol. The van der Waals surface area contributed by atoms with E-state index in [1.807, 2.05) is 0 Å². The number of hydrogen-bond acceptors (Lipinski definition) is 5. The van der Waals surface area contributed by atoms with E-state index in [2.05, 4.69) is 4.72 Å². The minimum Gasteiger partial charge on any atom is -0.389 e. The molecule has 20 heavy (non-hydrogen) atoms. The minimum atomic E-state index is -3.76. The summed E-state index contributed by atoms with van der Waals surface area (Å²) in [6, 6.07) is 4.63. The molecule has 2 rings (SSSR count). The van der Waals surface area contributed by atoms with E-state index in [4.69, 9.17) is 0 Å². The van der Waals surface area contributed by atoms with Crippen LogP contribution in [0.4, 0.5) is 5.69 Å². The molecule has 2 N–H and O–H groups in total. The van der Waals surface area contributed by atoms with Crippen molar-refractivity contribution in [3.63, 3.8) is 0 Å². The van der Waals surface area contributed by atoms with E-state index in [9.17, 15) is 23.6 Å². The van der Waals surface area contributed by atoms with Crippen molar-refractivity contribution in [3.05, 3.63) is 34.4 Å². The Hall–Kier alpha value is -1.51. The van der Waals surface area contributed by atoms with Gasteiger partial charge in [0, 0.05) is 18.7 Å². The molecule has 0 aliphatic heterocycles. The first-order chi connectivity index (χ1) is 9.32. The van der Waals surface area contributed by atoms with Gasteiger partial charge in [0.25, 0.3) is 5.69 Å². The van der Waals surface area contributed by atoms with Crippen molar-refractivity contribution in [3.8, 4) is 0 Å². The molecule has 1 aromatic carbocycles. The first kappa shape index (κ1) is 14.9. The van der Waals surface area contributed by atoms with Crippen molar-refractivity contribution in [2.75, 3.05) is 6.54 Å². The van der Waals surface area contributed by atoms with Crippen molar-refractivity contribution < 1.29 is 18.4 Å². The van der Waals surface area contributed by atoms with Crippen LogP contribution < -0.4 is 4.72 Å². The second-order valence-electron chi connectivity index (χ2n) is 5.01. The summed E-state index contributed by atoms with van der Waals surface area (Å²) < 4.78 is 26.4. The van der Waals surface area contributed by atoms with Gasteiger partial charge in [-0.05, 0) is 25.0 Å². The molecule has 1 aliphatic rings. The summed E-state index contributed by atoms with van der Waals surface area (Å²) in [6.07, 6.45) is 2.93. The Morgan fingerprint density at radius 2 is 1.80 bits per heavy atom. The number of nitrogens with one attached hydrogen (secondary N) is 1. The zero-order valence-corrected chi connectivity index (χ0v) is 11.6. The number of hydrogen-bond donors (Lipinski definition) is 2. The van der Waals surface area contributed by atoms with Crippen molar-refractivity contribution >= 4 is 15.7 Å². The molecule has 0 amide bonds. The molecular formula is C12H16N2O5S. The third-order valence-corrected chi connectivity index (χ3v) is 4.90. The number of nitrogens with zero attached hydrogens (tertiary/aromatic N) is 1. The maximum Gasteiger partial charge on any atom is 0.269 e. The zero-order valence-electron chi connectivity index (χ0n) is 10.8. The Morgan fingerprint density at radius 1 is 1.25 bits per heavy atom. The number of non-ortho nitro benzene ring substituents is 1. The average Bonchev–Trinajstić information content (AvgIpc) is 2.84. The van der Waals surface area contributed by atoms with E-state index in [0.717, 1.165) is 25.0 Å². The Bertz CT molecular complexity index is 591. The highest BCUT2D eigenvalue weighted by Gasteiger charge is 2.32. The Morgan fingerprint density at radius 3 is 2.30 bits per heavy atom. The molecule has 1 aliphatic carbocycles. The summed E-state index contributed by atoms with van der Waals surface area (Å²) in [5.74, 6) is 0. The van der Waals surface area contributed by atoms with Gasteiger partial charge in [-0.1, -0.05) is 12.8 Å². The highest BCUT2D eigenvalue weighted by atomic mass is 32.2. The van der Waals surface area contributed by atoms with Gasteiger partial charge in [-0.15, -0.1) is 0 Å². The fraction of sp³-hybridized carbons (Fsp3) is 0.500. The average molecular weight is 300 g/mol. The fourth-order valence-corrected chi connectivity index (χ4v) is 3.39. The number of sulfonamides is 1. The second kappa shape index (κ2) is 5.47. The maximum atomic E-state index is 12.0. The monoisotopic (exact) mass is 300 g/mol. The third kappa shape index (κ3) is 3.33. The molecule has 0 unspecified atom stereocenters. The van der Waals surface area contributed by atoms with Crippen LogP contribution in [0.5, 0.6) is 0 Å². The Labute approximate surface area is 116 Å². The Kier molecular flexibility index (Phi) is 4.07. The molecule has 0 bridgehead atoms. The summed E-state index contributed by atoms with van der Waals surface area (Å²) in [6.45, 7) is -0.0354. The van der Waals surface area contributed by atoms with Crippen LogP contribution in [0.2, 0.25) is 0 Å². The smallest absolute Gasteiger partial charge is 0.269 e. The third-order valence-electron chi connectivity index (χ3n) is 3.48. The number of nitro groups is 1. The number of benzene rings is 1. The lowest BCUT2D eigenvalue weighted by Crippen LogP contribution is -2.40. The van der Waals surface area contributed by atoms with Crippen LogP contribution in [0.15, 0.2) is 29.2 Å². The van der Waals surface area contributed by atoms with Gasteiger partial charge in [0.05, 0.1) is 15.4 Å². The highest BCUT2D eigenvalue weighted by molar-refractivity contribution is 7.89. The van der Waals surface area contributed by atoms with Crippen LogP contribution in [-0.4, -0.2) is 30.6 Å². The normalized spacial score (nSPS) is 18.1. The van der Waals surface area contributed by atoms with Crippen molar-refractivity contribution in [2.45, 2.75) is 36.2 Å². The first-order valence-electron chi connectivity index (χ1n) is 6.29. The van der Waals surface area contributed by atoms with Crippen molar-refractivity contribution in [1.82, 2.24) is 4.72 Å². The van der Waals surface area contributed by atoms with Crippen molar-refractivity contribution in [1.29, 1.82) is 0 Å². The molecule has 1 fully saturated rings. The van der Waals surface area contributed by atoms with Gasteiger partial charge in [-0.2, -0.15) is 0 Å². The summed E-state index contributed by atoms with van der Waals surface area (Å²) in [4.78, 5) is 9.87. The maximum absolute atomic E-state index is 12.0. The largest absolute Gasteiger partial charge is 0.389 e. The lowest BCUT2D eigenvalue weighted by Gasteiger charge is -2.22. The van der Waals surface area contributed by atoms with Gasteiger partial charge >= 0.3 is 0 Å². The molecular weight excluding hydrogens is 284 g/mol. The molecule has 7 nitrogen and oxygen atoms in total.